The number of rotatable bonds is 9. The molecule has 2 amide bonds. The van der Waals surface area contributed by atoms with Gasteiger partial charge in [0.05, 0.1) is 11.3 Å². The van der Waals surface area contributed by atoms with E-state index in [-0.39, 0.29) is 11.6 Å². The topological polar surface area (TPSA) is 87.2 Å². The lowest BCUT2D eigenvalue weighted by Gasteiger charge is -2.13. The Morgan fingerprint density at radius 3 is 2.32 bits per heavy atom. The first-order valence-corrected chi connectivity index (χ1v) is 12.3. The summed E-state index contributed by atoms with van der Waals surface area (Å²) in [7, 11) is 4.06. The molecule has 4 aromatic rings. The number of para-hydroxylation sites is 1. The maximum Gasteiger partial charge on any atom is 0.274 e. The summed E-state index contributed by atoms with van der Waals surface area (Å²) in [6, 6.07) is 25.8. The number of nitrogens with zero attached hydrogens (tertiary/aromatic N) is 3. The van der Waals surface area contributed by atoms with Crippen molar-refractivity contribution < 1.29 is 9.59 Å². The van der Waals surface area contributed by atoms with E-state index in [1.165, 1.54) is 0 Å². The lowest BCUT2D eigenvalue weighted by atomic mass is 10.1. The molecule has 3 aromatic carbocycles. The van der Waals surface area contributed by atoms with Crippen LogP contribution in [0, 0.1) is 6.92 Å². The molecule has 37 heavy (non-hydrogen) atoms. The number of anilines is 2. The largest absolute Gasteiger partial charge is 0.322 e. The van der Waals surface area contributed by atoms with Crippen molar-refractivity contribution in [1.29, 1.82) is 0 Å². The van der Waals surface area contributed by atoms with E-state index >= 15 is 0 Å². The summed E-state index contributed by atoms with van der Waals surface area (Å²) in [6.45, 7) is 2.87. The van der Waals surface area contributed by atoms with E-state index in [0.29, 0.717) is 22.8 Å². The highest BCUT2D eigenvalue weighted by Gasteiger charge is 2.17. The van der Waals surface area contributed by atoms with E-state index in [1.54, 1.807) is 30.3 Å². The van der Waals surface area contributed by atoms with Gasteiger partial charge < -0.3 is 15.5 Å². The number of aromatic nitrogens is 2. The maximum atomic E-state index is 13.4. The number of hydrogen-bond acceptors (Lipinski definition) is 5. The summed E-state index contributed by atoms with van der Waals surface area (Å²) in [6.07, 6.45) is 1.62. The van der Waals surface area contributed by atoms with Crippen LogP contribution in [0.2, 0.25) is 0 Å². The van der Waals surface area contributed by atoms with Gasteiger partial charge in [-0.05, 0) is 76.3 Å². The van der Waals surface area contributed by atoms with E-state index in [0.717, 1.165) is 36.2 Å². The Morgan fingerprint density at radius 2 is 1.57 bits per heavy atom. The van der Waals surface area contributed by atoms with Gasteiger partial charge in [-0.2, -0.15) is 0 Å². The summed E-state index contributed by atoms with van der Waals surface area (Å²) in [5.74, 6) is -0.207. The van der Waals surface area contributed by atoms with Crippen molar-refractivity contribution in [2.24, 2.45) is 0 Å². The zero-order valence-electron chi connectivity index (χ0n) is 21.4. The average molecular weight is 494 g/mol. The quantitative estimate of drug-likeness (QED) is 0.324. The summed E-state index contributed by atoms with van der Waals surface area (Å²) >= 11 is 0. The molecule has 0 atom stereocenters. The molecule has 0 aliphatic heterocycles. The van der Waals surface area contributed by atoms with Crippen LogP contribution in [0.25, 0.3) is 11.4 Å². The monoisotopic (exact) mass is 493 g/mol. The SMILES string of the molecule is Cc1cccc(NC(=O)c2ccccc2NC(=O)c2cc(CCCN(C)C)nc(-c3ccccc3)n2)c1. The average Bonchev–Trinajstić information content (AvgIpc) is 2.89. The van der Waals surface area contributed by atoms with Crippen LogP contribution in [0.1, 0.15) is 38.5 Å². The molecular formula is C30H31N5O2. The summed E-state index contributed by atoms with van der Waals surface area (Å²) in [4.78, 5) is 37.8. The van der Waals surface area contributed by atoms with Crippen molar-refractivity contribution >= 4 is 23.2 Å². The van der Waals surface area contributed by atoms with Gasteiger partial charge in [0.15, 0.2) is 5.82 Å². The Bertz CT molecular complexity index is 1390. The third-order valence-electron chi connectivity index (χ3n) is 5.78. The number of benzene rings is 3. The van der Waals surface area contributed by atoms with Crippen LogP contribution in [0.5, 0.6) is 0 Å². The second kappa shape index (κ2) is 12.1. The molecule has 2 N–H and O–H groups in total. The van der Waals surface area contributed by atoms with Crippen molar-refractivity contribution in [2.75, 3.05) is 31.3 Å². The van der Waals surface area contributed by atoms with Crippen LogP contribution in [0.15, 0.2) is 84.9 Å². The highest BCUT2D eigenvalue weighted by atomic mass is 16.2. The molecule has 0 saturated heterocycles. The fraction of sp³-hybridized carbons (Fsp3) is 0.200. The van der Waals surface area contributed by atoms with E-state index in [4.69, 9.17) is 4.98 Å². The fourth-order valence-corrected chi connectivity index (χ4v) is 3.93. The zero-order valence-corrected chi connectivity index (χ0v) is 21.4. The van der Waals surface area contributed by atoms with Gasteiger partial charge in [-0.15, -0.1) is 0 Å². The van der Waals surface area contributed by atoms with Gasteiger partial charge >= 0.3 is 0 Å². The lowest BCUT2D eigenvalue weighted by molar-refractivity contribution is 0.102. The van der Waals surface area contributed by atoms with Crippen LogP contribution in [-0.2, 0) is 6.42 Å². The Morgan fingerprint density at radius 1 is 0.811 bits per heavy atom. The van der Waals surface area contributed by atoms with E-state index in [2.05, 4.69) is 20.5 Å². The standard InChI is InChI=1S/C30H31N5O2/c1-21-11-9-14-23(19-21)32-29(36)25-16-7-8-17-26(25)34-30(37)27-20-24(15-10-18-35(2)3)31-28(33-27)22-12-5-4-6-13-22/h4-9,11-14,16-17,19-20H,10,15,18H2,1-3H3,(H,32,36)(H,34,37). The van der Waals surface area contributed by atoms with Gasteiger partial charge in [0.2, 0.25) is 0 Å². The smallest absolute Gasteiger partial charge is 0.274 e. The van der Waals surface area contributed by atoms with E-state index in [1.807, 2.05) is 75.6 Å². The maximum absolute atomic E-state index is 13.4. The number of hydrogen-bond donors (Lipinski definition) is 2. The minimum absolute atomic E-state index is 0.252. The van der Waals surface area contributed by atoms with Gasteiger partial charge in [0.1, 0.15) is 5.69 Å². The molecule has 0 unspecified atom stereocenters. The number of nitrogens with one attached hydrogen (secondary N) is 2. The van der Waals surface area contributed by atoms with Crippen molar-refractivity contribution in [3.63, 3.8) is 0 Å². The molecule has 7 nitrogen and oxygen atoms in total. The highest BCUT2D eigenvalue weighted by molar-refractivity contribution is 6.12. The molecule has 188 valence electrons. The summed E-state index contributed by atoms with van der Waals surface area (Å²) in [5, 5.41) is 5.79. The normalized spacial score (nSPS) is 10.8. The molecule has 0 bridgehead atoms. The van der Waals surface area contributed by atoms with Gasteiger partial charge in [0.25, 0.3) is 11.8 Å². The molecule has 0 radical (unpaired) electrons. The molecule has 0 spiro atoms. The highest BCUT2D eigenvalue weighted by Crippen LogP contribution is 2.21. The minimum Gasteiger partial charge on any atom is -0.322 e. The third-order valence-corrected chi connectivity index (χ3v) is 5.78. The van der Waals surface area contributed by atoms with E-state index < -0.39 is 5.91 Å². The van der Waals surface area contributed by atoms with Crippen LogP contribution in [-0.4, -0.2) is 47.3 Å². The Balaban J connectivity index is 1.59. The summed E-state index contributed by atoms with van der Waals surface area (Å²) in [5.41, 5.74) is 4.39. The first-order valence-electron chi connectivity index (χ1n) is 12.3. The van der Waals surface area contributed by atoms with Crippen molar-refractivity contribution in [1.82, 2.24) is 14.9 Å². The Kier molecular flexibility index (Phi) is 8.38. The molecule has 0 fully saturated rings. The van der Waals surface area contributed by atoms with Crippen molar-refractivity contribution in [3.8, 4) is 11.4 Å². The van der Waals surface area contributed by atoms with Crippen molar-refractivity contribution in [2.45, 2.75) is 19.8 Å². The van der Waals surface area contributed by atoms with Gasteiger partial charge in [-0.1, -0.05) is 54.6 Å². The molecule has 4 rings (SSSR count). The third kappa shape index (κ3) is 7.08. The summed E-state index contributed by atoms with van der Waals surface area (Å²) < 4.78 is 0. The van der Waals surface area contributed by atoms with Crippen molar-refractivity contribution in [3.05, 3.63) is 107 Å². The van der Waals surface area contributed by atoms with Crippen LogP contribution < -0.4 is 10.6 Å². The molecule has 0 saturated carbocycles. The Hall–Kier alpha value is -4.36. The van der Waals surface area contributed by atoms with Gasteiger partial charge in [0, 0.05) is 16.9 Å². The number of carbonyl (C=O) groups is 2. The van der Waals surface area contributed by atoms with E-state index in [9.17, 15) is 9.59 Å². The second-order valence-electron chi connectivity index (χ2n) is 9.16. The number of carbonyl (C=O) groups excluding carboxylic acids is 2. The molecular weight excluding hydrogens is 462 g/mol. The lowest BCUT2D eigenvalue weighted by Crippen LogP contribution is -2.20. The first-order chi connectivity index (χ1) is 17.9. The molecule has 7 heteroatoms. The minimum atomic E-state index is -0.399. The second-order valence-corrected chi connectivity index (χ2v) is 9.16. The number of amides is 2. The molecule has 0 aliphatic carbocycles. The number of aryl methyl sites for hydroxylation is 2. The predicted molar refractivity (Wildman–Crippen MR) is 148 cm³/mol. The molecule has 1 aromatic heterocycles. The van der Waals surface area contributed by atoms with Gasteiger partial charge in [-0.3, -0.25) is 9.59 Å². The Labute approximate surface area is 217 Å². The predicted octanol–water partition coefficient (Wildman–Crippen LogP) is 5.45. The fourth-order valence-electron chi connectivity index (χ4n) is 3.93. The van der Waals surface area contributed by atoms with Crippen LogP contribution in [0.4, 0.5) is 11.4 Å². The zero-order chi connectivity index (χ0) is 26.2. The van der Waals surface area contributed by atoms with Crippen LogP contribution >= 0.6 is 0 Å². The van der Waals surface area contributed by atoms with Gasteiger partial charge in [-0.25, -0.2) is 9.97 Å². The first kappa shape index (κ1) is 25.7. The molecule has 1 heterocycles. The van der Waals surface area contributed by atoms with Crippen LogP contribution in [0.3, 0.4) is 0 Å². The molecule has 0 aliphatic rings.